The Kier molecular flexibility index (Phi) is 6.60. The van der Waals surface area contributed by atoms with Crippen molar-refractivity contribution < 1.29 is 12.6 Å². The summed E-state index contributed by atoms with van der Waals surface area (Å²) < 4.78 is 28.3. The van der Waals surface area contributed by atoms with Crippen molar-refractivity contribution in [2.75, 3.05) is 13.2 Å². The summed E-state index contributed by atoms with van der Waals surface area (Å²) in [5, 5.41) is 3.36. The summed E-state index contributed by atoms with van der Waals surface area (Å²) in [5.74, 6) is 5.37. The van der Waals surface area contributed by atoms with Crippen LogP contribution in [0.2, 0.25) is 0 Å². The molecule has 0 amide bonds. The normalized spacial score (nSPS) is 10.2. The Morgan fingerprint density at radius 1 is 1.30 bits per heavy atom. The van der Waals surface area contributed by atoms with Gasteiger partial charge in [0, 0.05) is 17.9 Å². The summed E-state index contributed by atoms with van der Waals surface area (Å²) >= 11 is 0. The van der Waals surface area contributed by atoms with Gasteiger partial charge in [0.2, 0.25) is 0 Å². The van der Waals surface area contributed by atoms with Gasteiger partial charge in [-0.25, -0.2) is 0 Å². The van der Waals surface area contributed by atoms with E-state index in [0.29, 0.717) is 19.4 Å². The summed E-state index contributed by atoms with van der Waals surface area (Å²) in [6.07, 6.45) is 1.18. The molecule has 0 aliphatic heterocycles. The van der Waals surface area contributed by atoms with Crippen molar-refractivity contribution in [2.45, 2.75) is 24.7 Å². The van der Waals surface area contributed by atoms with E-state index in [4.69, 9.17) is 9.71 Å². The van der Waals surface area contributed by atoms with E-state index in [-0.39, 0.29) is 11.5 Å². The fourth-order valence-corrected chi connectivity index (χ4v) is 2.12. The van der Waals surface area contributed by atoms with Crippen molar-refractivity contribution in [1.29, 1.82) is 0 Å². The van der Waals surface area contributed by atoms with Gasteiger partial charge in [0.1, 0.15) is 6.61 Å². The molecule has 1 aromatic carbocycles. The van der Waals surface area contributed by atoms with Crippen molar-refractivity contribution in [3.05, 3.63) is 40.3 Å². The Balaban J connectivity index is 2.42. The number of hydrogen-bond donors (Lipinski definition) is 0. The first-order valence-corrected chi connectivity index (χ1v) is 7.40. The Bertz CT molecular complexity index is 636. The molecular weight excluding hydrogens is 278 g/mol. The molecule has 1 aromatic rings. The number of benzene rings is 1. The largest absolute Gasteiger partial charge is 0.297 e. The second kappa shape index (κ2) is 8.23. The van der Waals surface area contributed by atoms with Gasteiger partial charge in [-0.3, -0.25) is 4.18 Å². The van der Waals surface area contributed by atoms with E-state index in [2.05, 4.69) is 21.9 Å². The molecule has 0 spiro atoms. The minimum absolute atomic E-state index is 0.119. The Hall–Kier alpha value is -2.00. The number of unbranched alkanes of at least 4 members (excludes halogenated alkanes) is 1. The van der Waals surface area contributed by atoms with E-state index >= 15 is 0 Å². The molecule has 0 saturated heterocycles. The van der Waals surface area contributed by atoms with Gasteiger partial charge in [0.05, 0.1) is 4.90 Å². The molecule has 0 radical (unpaired) electrons. The molecule has 0 saturated carbocycles. The molecule has 7 heteroatoms. The Labute approximate surface area is 118 Å². The zero-order valence-corrected chi connectivity index (χ0v) is 11.9. The van der Waals surface area contributed by atoms with Gasteiger partial charge in [0.25, 0.3) is 10.1 Å². The quantitative estimate of drug-likeness (QED) is 0.201. The third-order valence-corrected chi connectivity index (χ3v) is 3.62. The van der Waals surface area contributed by atoms with E-state index < -0.39 is 10.1 Å². The van der Waals surface area contributed by atoms with Gasteiger partial charge >= 0.3 is 0 Å². The van der Waals surface area contributed by atoms with E-state index in [9.17, 15) is 8.42 Å². The summed E-state index contributed by atoms with van der Waals surface area (Å²) in [4.78, 5) is 2.73. The van der Waals surface area contributed by atoms with Crippen LogP contribution in [0.5, 0.6) is 0 Å². The molecule has 0 heterocycles. The molecule has 0 atom stereocenters. The van der Waals surface area contributed by atoms with Crippen LogP contribution in [0.4, 0.5) is 0 Å². The molecule has 20 heavy (non-hydrogen) atoms. The van der Waals surface area contributed by atoms with Gasteiger partial charge < -0.3 is 0 Å². The maximum atomic E-state index is 11.8. The molecule has 0 unspecified atom stereocenters. The van der Waals surface area contributed by atoms with Crippen molar-refractivity contribution in [1.82, 2.24) is 0 Å². The lowest BCUT2D eigenvalue weighted by Gasteiger charge is -2.02. The smallest absolute Gasteiger partial charge is 0.253 e. The van der Waals surface area contributed by atoms with Gasteiger partial charge in [-0.2, -0.15) is 8.42 Å². The van der Waals surface area contributed by atoms with E-state index in [1.165, 1.54) is 12.1 Å². The molecular formula is C13H15N3O3S. The lowest BCUT2D eigenvalue weighted by Crippen LogP contribution is -2.06. The van der Waals surface area contributed by atoms with Crippen LogP contribution in [-0.2, 0) is 14.3 Å². The first-order chi connectivity index (χ1) is 9.56. The van der Waals surface area contributed by atoms with Crippen LogP contribution >= 0.6 is 0 Å². The number of hydrogen-bond acceptors (Lipinski definition) is 4. The molecule has 0 aliphatic rings. The second-order valence-electron chi connectivity index (χ2n) is 3.94. The van der Waals surface area contributed by atoms with Crippen LogP contribution < -0.4 is 0 Å². The molecule has 0 fully saturated rings. The highest BCUT2D eigenvalue weighted by atomic mass is 32.2. The summed E-state index contributed by atoms with van der Waals surface area (Å²) in [6.45, 7) is 2.07. The molecule has 106 valence electrons. The Morgan fingerprint density at radius 2 is 2.00 bits per heavy atom. The summed E-state index contributed by atoms with van der Waals surface area (Å²) in [7, 11) is -3.75. The van der Waals surface area contributed by atoms with Gasteiger partial charge in [-0.15, -0.1) is 5.92 Å². The monoisotopic (exact) mass is 293 g/mol. The predicted molar refractivity (Wildman–Crippen MR) is 75.3 cm³/mol. The standard InChI is InChI=1S/C13H15N3O3S/c1-12-6-8-13(9-7-12)20(17,18)19-11-5-3-2-4-10-15-16-14/h6-9H,2,4,10-11H2,1H3. The first kappa shape index (κ1) is 16.1. The maximum absolute atomic E-state index is 11.8. The highest BCUT2D eigenvalue weighted by Gasteiger charge is 2.13. The highest BCUT2D eigenvalue weighted by Crippen LogP contribution is 2.12. The number of azide groups is 1. The SMILES string of the molecule is Cc1ccc(S(=O)(=O)OCC#CCCCN=[N+]=[N-])cc1. The zero-order chi connectivity index (χ0) is 14.8. The zero-order valence-electron chi connectivity index (χ0n) is 11.1. The fourth-order valence-electron chi connectivity index (χ4n) is 1.30. The molecule has 0 aliphatic carbocycles. The number of nitrogens with zero attached hydrogens (tertiary/aromatic N) is 3. The first-order valence-electron chi connectivity index (χ1n) is 5.99. The lowest BCUT2D eigenvalue weighted by molar-refractivity contribution is 0.363. The number of aryl methyl sites for hydroxylation is 1. The van der Waals surface area contributed by atoms with E-state index in [0.717, 1.165) is 5.56 Å². The maximum Gasteiger partial charge on any atom is 0.297 e. The highest BCUT2D eigenvalue weighted by molar-refractivity contribution is 7.86. The third-order valence-electron chi connectivity index (χ3n) is 2.34. The molecule has 0 aromatic heterocycles. The average Bonchev–Trinajstić information content (AvgIpc) is 2.42. The predicted octanol–water partition coefficient (Wildman–Crippen LogP) is 2.79. The second-order valence-corrected chi connectivity index (χ2v) is 5.56. The van der Waals surface area contributed by atoms with Crippen molar-refractivity contribution >= 4 is 10.1 Å². The van der Waals surface area contributed by atoms with Gasteiger partial charge in [0.15, 0.2) is 0 Å². The van der Waals surface area contributed by atoms with Crippen LogP contribution in [0.1, 0.15) is 18.4 Å². The van der Waals surface area contributed by atoms with Crippen LogP contribution in [0.25, 0.3) is 10.4 Å². The molecule has 1 rings (SSSR count). The molecule has 0 N–H and O–H groups in total. The lowest BCUT2D eigenvalue weighted by atomic mass is 10.2. The van der Waals surface area contributed by atoms with Crippen LogP contribution in [-0.4, -0.2) is 21.6 Å². The van der Waals surface area contributed by atoms with Crippen molar-refractivity contribution in [3.63, 3.8) is 0 Å². The van der Waals surface area contributed by atoms with Crippen LogP contribution in [0, 0.1) is 18.8 Å². The van der Waals surface area contributed by atoms with E-state index in [1.807, 2.05) is 6.92 Å². The van der Waals surface area contributed by atoms with Gasteiger partial charge in [-0.05, 0) is 31.0 Å². The number of rotatable bonds is 6. The fraction of sp³-hybridized carbons (Fsp3) is 0.385. The average molecular weight is 293 g/mol. The molecule has 0 bridgehead atoms. The van der Waals surface area contributed by atoms with Crippen molar-refractivity contribution in [3.8, 4) is 11.8 Å². The Morgan fingerprint density at radius 3 is 2.65 bits per heavy atom. The van der Waals surface area contributed by atoms with Crippen LogP contribution in [0.15, 0.2) is 34.3 Å². The minimum atomic E-state index is -3.75. The third kappa shape index (κ3) is 5.76. The summed E-state index contributed by atoms with van der Waals surface area (Å²) in [5.41, 5.74) is 9.03. The van der Waals surface area contributed by atoms with Crippen LogP contribution in [0.3, 0.4) is 0 Å². The minimum Gasteiger partial charge on any atom is -0.253 e. The topological polar surface area (TPSA) is 92.1 Å². The molecule has 6 nitrogen and oxygen atoms in total. The summed E-state index contributed by atoms with van der Waals surface area (Å²) in [6, 6.07) is 6.41. The van der Waals surface area contributed by atoms with E-state index in [1.54, 1.807) is 12.1 Å². The van der Waals surface area contributed by atoms with Gasteiger partial charge in [-0.1, -0.05) is 28.7 Å². The van der Waals surface area contributed by atoms with Crippen molar-refractivity contribution in [2.24, 2.45) is 5.11 Å².